The van der Waals surface area contributed by atoms with E-state index in [1.165, 1.54) is 15.9 Å². The van der Waals surface area contributed by atoms with Crippen molar-refractivity contribution in [2.75, 3.05) is 21.9 Å². The molecule has 0 amide bonds. The first-order chi connectivity index (χ1) is 11.4. The Balaban J connectivity index is 1.86. The number of anilines is 2. The summed E-state index contributed by atoms with van der Waals surface area (Å²) >= 11 is 0. The van der Waals surface area contributed by atoms with Crippen LogP contribution in [0.3, 0.4) is 0 Å². The van der Waals surface area contributed by atoms with Gasteiger partial charge < -0.3 is 5.32 Å². The monoisotopic (exact) mass is 348 g/mol. The Morgan fingerprint density at radius 2 is 2.00 bits per heavy atom. The molecule has 1 N–H and O–H groups in total. The fraction of sp³-hybridized carbons (Fsp3) is 0.333. The molecular formula is C18H21FN2O2S. The number of sulfonamides is 1. The number of rotatable bonds is 4. The molecule has 4 nitrogen and oxygen atoms in total. The first-order valence-corrected chi connectivity index (χ1v) is 9.61. The summed E-state index contributed by atoms with van der Waals surface area (Å²) in [4.78, 5) is 0. The van der Waals surface area contributed by atoms with Gasteiger partial charge >= 0.3 is 0 Å². The average Bonchev–Trinajstić information content (AvgIpc) is 2.88. The largest absolute Gasteiger partial charge is 0.378 e. The minimum atomic E-state index is -3.40. The molecule has 6 heteroatoms. The molecule has 3 rings (SSSR count). The molecule has 1 heterocycles. The Bertz CT molecular complexity index is 852. The van der Waals surface area contributed by atoms with Crippen LogP contribution in [0, 0.1) is 12.7 Å². The Morgan fingerprint density at radius 3 is 2.67 bits per heavy atom. The predicted molar refractivity (Wildman–Crippen MR) is 95.4 cm³/mol. The van der Waals surface area contributed by atoms with Gasteiger partial charge in [-0.3, -0.25) is 4.31 Å². The van der Waals surface area contributed by atoms with E-state index in [4.69, 9.17) is 0 Å². The van der Waals surface area contributed by atoms with Crippen molar-refractivity contribution in [2.45, 2.75) is 26.3 Å². The molecule has 1 fully saturated rings. The van der Waals surface area contributed by atoms with E-state index in [-0.39, 0.29) is 17.5 Å². The van der Waals surface area contributed by atoms with Crippen molar-refractivity contribution in [1.29, 1.82) is 0 Å². The average molecular weight is 348 g/mol. The van der Waals surface area contributed by atoms with Crippen LogP contribution in [-0.2, 0) is 10.0 Å². The Kier molecular flexibility index (Phi) is 4.49. The molecular weight excluding hydrogens is 327 g/mol. The SMILES string of the molecule is Cc1cccc([C@@H](C)Nc2ccc(F)c(N3CCCS3(=O)=O)c2)c1. The minimum absolute atomic E-state index is 0.0263. The first kappa shape index (κ1) is 16.8. The van der Waals surface area contributed by atoms with Crippen molar-refractivity contribution in [2.24, 2.45) is 0 Å². The third-order valence-electron chi connectivity index (χ3n) is 4.24. The number of nitrogens with zero attached hydrogens (tertiary/aromatic N) is 1. The number of nitrogens with one attached hydrogen (secondary N) is 1. The summed E-state index contributed by atoms with van der Waals surface area (Å²) in [5.41, 5.74) is 3.11. The lowest BCUT2D eigenvalue weighted by Crippen LogP contribution is -2.26. The lowest BCUT2D eigenvalue weighted by atomic mass is 10.1. The fourth-order valence-electron chi connectivity index (χ4n) is 2.98. The van der Waals surface area contributed by atoms with E-state index < -0.39 is 15.8 Å². The number of benzene rings is 2. The van der Waals surface area contributed by atoms with E-state index in [0.29, 0.717) is 18.7 Å². The maximum atomic E-state index is 14.1. The number of hydrogen-bond donors (Lipinski definition) is 1. The Hall–Kier alpha value is -2.08. The van der Waals surface area contributed by atoms with Crippen LogP contribution in [0.4, 0.5) is 15.8 Å². The lowest BCUT2D eigenvalue weighted by Gasteiger charge is -2.21. The fourth-order valence-corrected chi connectivity index (χ4v) is 4.54. The summed E-state index contributed by atoms with van der Waals surface area (Å²) in [6.07, 6.45) is 0.527. The smallest absolute Gasteiger partial charge is 0.235 e. The van der Waals surface area contributed by atoms with Crippen molar-refractivity contribution >= 4 is 21.4 Å². The van der Waals surface area contributed by atoms with Crippen LogP contribution in [-0.4, -0.2) is 20.7 Å². The van der Waals surface area contributed by atoms with Gasteiger partial charge in [-0.15, -0.1) is 0 Å². The second kappa shape index (κ2) is 6.43. The Morgan fingerprint density at radius 1 is 1.21 bits per heavy atom. The zero-order valence-corrected chi connectivity index (χ0v) is 14.6. The first-order valence-electron chi connectivity index (χ1n) is 8.00. The molecule has 1 atom stereocenters. The summed E-state index contributed by atoms with van der Waals surface area (Å²) in [6, 6.07) is 12.7. The second-order valence-electron chi connectivity index (χ2n) is 6.19. The molecule has 24 heavy (non-hydrogen) atoms. The standard InChI is InChI=1S/C18H21FN2O2S/c1-13-5-3-6-15(11-13)14(2)20-16-7-8-17(19)18(12-16)21-9-4-10-24(21,22)23/h3,5-8,11-12,14,20H,4,9-10H2,1-2H3/t14-/m1/s1. The zero-order chi connectivity index (χ0) is 17.3. The van der Waals surface area contributed by atoms with Crippen molar-refractivity contribution in [3.63, 3.8) is 0 Å². The Labute approximate surface area is 142 Å². The highest BCUT2D eigenvalue weighted by molar-refractivity contribution is 7.93. The third-order valence-corrected chi connectivity index (χ3v) is 6.09. The highest BCUT2D eigenvalue weighted by atomic mass is 32.2. The van der Waals surface area contributed by atoms with E-state index in [0.717, 1.165) is 5.56 Å². The molecule has 0 bridgehead atoms. The van der Waals surface area contributed by atoms with Gasteiger partial charge in [-0.05, 0) is 44.0 Å². The van der Waals surface area contributed by atoms with Gasteiger partial charge in [0.2, 0.25) is 10.0 Å². The van der Waals surface area contributed by atoms with Crippen LogP contribution in [0.1, 0.15) is 30.5 Å². The van der Waals surface area contributed by atoms with Crippen molar-refractivity contribution in [3.05, 3.63) is 59.4 Å². The van der Waals surface area contributed by atoms with Crippen LogP contribution in [0.5, 0.6) is 0 Å². The van der Waals surface area contributed by atoms with Crippen LogP contribution in [0.15, 0.2) is 42.5 Å². The molecule has 128 valence electrons. The van der Waals surface area contributed by atoms with E-state index >= 15 is 0 Å². The van der Waals surface area contributed by atoms with E-state index in [1.54, 1.807) is 12.1 Å². The van der Waals surface area contributed by atoms with E-state index in [9.17, 15) is 12.8 Å². The maximum Gasteiger partial charge on any atom is 0.235 e. The van der Waals surface area contributed by atoms with Crippen molar-refractivity contribution in [3.8, 4) is 0 Å². The summed E-state index contributed by atoms with van der Waals surface area (Å²) in [7, 11) is -3.40. The van der Waals surface area contributed by atoms with E-state index in [1.807, 2.05) is 32.0 Å². The normalized spacial score (nSPS) is 17.7. The minimum Gasteiger partial charge on any atom is -0.378 e. The van der Waals surface area contributed by atoms with Gasteiger partial charge in [0.25, 0.3) is 0 Å². The molecule has 2 aromatic rings. The number of halogens is 1. The molecule has 1 aliphatic heterocycles. The van der Waals surface area contributed by atoms with Crippen LogP contribution in [0.25, 0.3) is 0 Å². The van der Waals surface area contributed by atoms with Crippen LogP contribution in [0.2, 0.25) is 0 Å². The third kappa shape index (κ3) is 3.38. The molecule has 0 aliphatic carbocycles. The molecule has 0 saturated carbocycles. The van der Waals surface area contributed by atoms with Gasteiger partial charge in [0, 0.05) is 18.3 Å². The van der Waals surface area contributed by atoms with Crippen LogP contribution >= 0.6 is 0 Å². The van der Waals surface area contributed by atoms with Gasteiger partial charge in [-0.2, -0.15) is 0 Å². The quantitative estimate of drug-likeness (QED) is 0.913. The maximum absolute atomic E-state index is 14.1. The van der Waals surface area contributed by atoms with E-state index in [2.05, 4.69) is 11.4 Å². The van der Waals surface area contributed by atoms with Gasteiger partial charge in [0.15, 0.2) is 0 Å². The topological polar surface area (TPSA) is 49.4 Å². The molecule has 0 unspecified atom stereocenters. The summed E-state index contributed by atoms with van der Waals surface area (Å²) < 4.78 is 39.4. The number of aryl methyl sites for hydroxylation is 1. The molecule has 0 aromatic heterocycles. The molecule has 1 saturated heterocycles. The highest BCUT2D eigenvalue weighted by Gasteiger charge is 2.30. The zero-order valence-electron chi connectivity index (χ0n) is 13.8. The summed E-state index contributed by atoms with van der Waals surface area (Å²) in [5.74, 6) is -0.446. The van der Waals surface area contributed by atoms with Gasteiger partial charge in [-0.25, -0.2) is 12.8 Å². The predicted octanol–water partition coefficient (Wildman–Crippen LogP) is 3.85. The van der Waals surface area contributed by atoms with Crippen molar-refractivity contribution in [1.82, 2.24) is 0 Å². The highest BCUT2D eigenvalue weighted by Crippen LogP contribution is 2.30. The number of hydrogen-bond acceptors (Lipinski definition) is 3. The van der Waals surface area contributed by atoms with Gasteiger partial charge in [-0.1, -0.05) is 29.8 Å². The molecule has 0 spiro atoms. The van der Waals surface area contributed by atoms with Gasteiger partial charge in [0.05, 0.1) is 11.4 Å². The summed E-state index contributed by atoms with van der Waals surface area (Å²) in [6.45, 7) is 4.38. The summed E-state index contributed by atoms with van der Waals surface area (Å²) in [5, 5.41) is 3.32. The lowest BCUT2D eigenvalue weighted by molar-refractivity contribution is 0.595. The molecule has 2 aromatic carbocycles. The van der Waals surface area contributed by atoms with Crippen LogP contribution < -0.4 is 9.62 Å². The second-order valence-corrected chi connectivity index (χ2v) is 8.20. The molecule has 0 radical (unpaired) electrons. The van der Waals surface area contributed by atoms with Gasteiger partial charge in [0.1, 0.15) is 5.82 Å². The van der Waals surface area contributed by atoms with Crippen molar-refractivity contribution < 1.29 is 12.8 Å². The molecule has 1 aliphatic rings.